The molecule has 1 amide bonds. The molecule has 2 heterocycles. The summed E-state index contributed by atoms with van der Waals surface area (Å²) in [5.41, 5.74) is 0.749. The summed E-state index contributed by atoms with van der Waals surface area (Å²) in [5.74, 6) is -2.78. The molecule has 1 aliphatic heterocycles. The van der Waals surface area contributed by atoms with E-state index in [9.17, 15) is 22.8 Å². The number of fused-ring (bicyclic) bond motifs is 1. The molecule has 0 radical (unpaired) electrons. The maximum atomic E-state index is 12.4. The van der Waals surface area contributed by atoms with Crippen LogP contribution in [-0.2, 0) is 22.5 Å². The van der Waals surface area contributed by atoms with Gasteiger partial charge in [0.2, 0.25) is 0 Å². The number of halogens is 3. The van der Waals surface area contributed by atoms with Crippen LogP contribution in [-0.4, -0.2) is 38.3 Å². The van der Waals surface area contributed by atoms with Gasteiger partial charge < -0.3 is 15.0 Å². The van der Waals surface area contributed by atoms with E-state index in [4.69, 9.17) is 4.74 Å². The monoisotopic (exact) mass is 337 g/mol. The number of amides is 1. The van der Waals surface area contributed by atoms with Crippen LogP contribution in [0.2, 0.25) is 0 Å². The lowest BCUT2D eigenvalue weighted by Gasteiger charge is -2.19. The van der Waals surface area contributed by atoms with E-state index in [0.29, 0.717) is 18.5 Å². The Bertz CT molecular complexity index is 598. The van der Waals surface area contributed by atoms with Gasteiger partial charge in [-0.25, -0.2) is 4.79 Å². The predicted molar refractivity (Wildman–Crippen MR) is 74.1 cm³/mol. The highest BCUT2D eigenvalue weighted by Crippen LogP contribution is 2.36. The molecule has 5 nitrogen and oxygen atoms in total. The number of esters is 1. The van der Waals surface area contributed by atoms with E-state index < -0.39 is 18.1 Å². The molecule has 0 aliphatic carbocycles. The van der Waals surface area contributed by atoms with E-state index in [2.05, 4.69) is 0 Å². The number of rotatable bonds is 3. The normalized spacial score (nSPS) is 17.8. The van der Waals surface area contributed by atoms with E-state index in [1.807, 2.05) is 7.05 Å². The van der Waals surface area contributed by atoms with Crippen LogP contribution in [0, 0.1) is 0 Å². The van der Waals surface area contributed by atoms with Gasteiger partial charge >= 0.3 is 18.1 Å². The number of ether oxygens (including phenoxy) is 1. The molecule has 9 heteroatoms. The molecule has 0 bridgehead atoms. The van der Waals surface area contributed by atoms with Crippen LogP contribution >= 0.6 is 11.3 Å². The lowest BCUT2D eigenvalue weighted by molar-refractivity contribution is -0.895. The number of likely N-dealkylation sites (N-methyl/N-ethyl adjacent to an activating group) is 1. The predicted octanol–water partition coefficient (Wildman–Crippen LogP) is 0.996. The zero-order chi connectivity index (χ0) is 16.5. The third-order valence-corrected chi connectivity index (χ3v) is 4.47. The van der Waals surface area contributed by atoms with Crippen molar-refractivity contribution in [3.05, 3.63) is 16.0 Å². The molecule has 2 rings (SSSR count). The molecule has 1 atom stereocenters. The molecule has 0 saturated heterocycles. The van der Waals surface area contributed by atoms with E-state index in [1.54, 1.807) is 12.2 Å². The van der Waals surface area contributed by atoms with Crippen molar-refractivity contribution in [2.75, 3.05) is 25.5 Å². The first kappa shape index (κ1) is 16.8. The number of anilines is 1. The third kappa shape index (κ3) is 3.41. The maximum absolute atomic E-state index is 12.4. The molecule has 2 N–H and O–H groups in total. The van der Waals surface area contributed by atoms with Gasteiger partial charge in [0.15, 0.2) is 0 Å². The summed E-state index contributed by atoms with van der Waals surface area (Å²) in [7, 11) is 1.96. The van der Waals surface area contributed by atoms with Gasteiger partial charge in [-0.15, -0.1) is 11.3 Å². The Morgan fingerprint density at radius 1 is 1.41 bits per heavy atom. The van der Waals surface area contributed by atoms with Crippen molar-refractivity contribution in [1.82, 2.24) is 0 Å². The van der Waals surface area contributed by atoms with Crippen molar-refractivity contribution in [1.29, 1.82) is 0 Å². The van der Waals surface area contributed by atoms with Crippen LogP contribution in [0.15, 0.2) is 0 Å². The summed E-state index contributed by atoms with van der Waals surface area (Å²) < 4.78 is 42.2. The molecule has 22 heavy (non-hydrogen) atoms. The van der Waals surface area contributed by atoms with Crippen molar-refractivity contribution in [2.24, 2.45) is 0 Å². The van der Waals surface area contributed by atoms with Crippen molar-refractivity contribution < 1.29 is 32.4 Å². The summed E-state index contributed by atoms with van der Waals surface area (Å²) in [4.78, 5) is 25.2. The second-order valence-electron chi connectivity index (χ2n) is 5.01. The Kier molecular flexibility index (Phi) is 4.76. The Hall–Kier alpha value is -1.61. The SMILES string of the molecule is CCOC(=O)c1c(NC(=O)C(F)(F)F)sc2c1CC[NH+](C)C2. The highest BCUT2D eigenvalue weighted by molar-refractivity contribution is 7.17. The number of alkyl halides is 3. The summed E-state index contributed by atoms with van der Waals surface area (Å²) in [6.45, 7) is 3.10. The van der Waals surface area contributed by atoms with Gasteiger partial charge in [0.05, 0.1) is 30.6 Å². The summed E-state index contributed by atoms with van der Waals surface area (Å²) >= 11 is 1.01. The van der Waals surface area contributed by atoms with Crippen molar-refractivity contribution in [2.45, 2.75) is 26.1 Å². The fourth-order valence-corrected chi connectivity index (χ4v) is 3.65. The van der Waals surface area contributed by atoms with Gasteiger partial charge in [0.25, 0.3) is 0 Å². The summed E-state index contributed by atoms with van der Waals surface area (Å²) in [5, 5.41) is 1.72. The van der Waals surface area contributed by atoms with Crippen LogP contribution in [0.1, 0.15) is 27.7 Å². The van der Waals surface area contributed by atoms with Crippen LogP contribution in [0.25, 0.3) is 0 Å². The van der Waals surface area contributed by atoms with Crippen molar-refractivity contribution >= 4 is 28.2 Å². The number of hydrogen-bond acceptors (Lipinski definition) is 4. The fraction of sp³-hybridized carbons (Fsp3) is 0.538. The first-order valence-electron chi connectivity index (χ1n) is 6.75. The molecule has 0 saturated carbocycles. The molecule has 0 fully saturated rings. The number of carbonyl (C=O) groups is 2. The highest BCUT2D eigenvalue weighted by atomic mass is 32.1. The number of hydrogen-bond donors (Lipinski definition) is 2. The number of nitrogens with one attached hydrogen (secondary N) is 2. The zero-order valence-corrected chi connectivity index (χ0v) is 12.9. The molecular formula is C13H16F3N2O3S+. The minimum Gasteiger partial charge on any atom is -0.462 e. The van der Waals surface area contributed by atoms with Crippen molar-refractivity contribution in [3.8, 4) is 0 Å². The van der Waals surface area contributed by atoms with Crippen LogP contribution in [0.5, 0.6) is 0 Å². The first-order valence-corrected chi connectivity index (χ1v) is 7.56. The first-order chi connectivity index (χ1) is 10.2. The molecule has 1 aliphatic rings. The van der Waals surface area contributed by atoms with Gasteiger partial charge in [-0.3, -0.25) is 4.79 Å². The molecule has 1 aromatic heterocycles. The summed E-state index contributed by atoms with van der Waals surface area (Å²) in [6, 6.07) is 0. The lowest BCUT2D eigenvalue weighted by Crippen LogP contribution is -3.08. The fourth-order valence-electron chi connectivity index (χ4n) is 2.30. The molecule has 122 valence electrons. The Morgan fingerprint density at radius 3 is 2.68 bits per heavy atom. The van der Waals surface area contributed by atoms with Crippen LogP contribution in [0.3, 0.4) is 0 Å². The van der Waals surface area contributed by atoms with Gasteiger partial charge in [-0.1, -0.05) is 0 Å². The average Bonchev–Trinajstić information content (AvgIpc) is 2.74. The largest absolute Gasteiger partial charge is 0.471 e. The molecule has 1 aromatic rings. The van der Waals surface area contributed by atoms with Gasteiger partial charge in [0, 0.05) is 6.42 Å². The lowest BCUT2D eigenvalue weighted by atomic mass is 10.0. The van der Waals surface area contributed by atoms with Crippen LogP contribution < -0.4 is 10.2 Å². The molecule has 1 unspecified atom stereocenters. The van der Waals surface area contributed by atoms with Crippen LogP contribution in [0.4, 0.5) is 18.2 Å². The van der Waals surface area contributed by atoms with E-state index in [-0.39, 0.29) is 17.2 Å². The van der Waals surface area contributed by atoms with E-state index in [0.717, 1.165) is 22.8 Å². The van der Waals surface area contributed by atoms with Gasteiger partial charge in [-0.2, -0.15) is 13.2 Å². The average molecular weight is 337 g/mol. The minimum atomic E-state index is -5.00. The van der Waals surface area contributed by atoms with Gasteiger partial charge in [-0.05, 0) is 12.5 Å². The van der Waals surface area contributed by atoms with E-state index >= 15 is 0 Å². The molecule has 0 aromatic carbocycles. The smallest absolute Gasteiger partial charge is 0.462 e. The molecular weight excluding hydrogens is 321 g/mol. The van der Waals surface area contributed by atoms with Crippen molar-refractivity contribution in [3.63, 3.8) is 0 Å². The molecule has 0 spiro atoms. The number of quaternary nitrogens is 1. The van der Waals surface area contributed by atoms with E-state index in [1.165, 1.54) is 4.90 Å². The number of thiophene rings is 1. The second-order valence-corrected chi connectivity index (χ2v) is 6.12. The third-order valence-electron chi connectivity index (χ3n) is 3.32. The second kappa shape index (κ2) is 6.25. The Balaban J connectivity index is 2.39. The topological polar surface area (TPSA) is 59.8 Å². The maximum Gasteiger partial charge on any atom is 0.471 e. The number of carbonyl (C=O) groups excluding carboxylic acids is 2. The minimum absolute atomic E-state index is 0.0620. The zero-order valence-electron chi connectivity index (χ0n) is 12.1. The Labute approximate surface area is 129 Å². The Morgan fingerprint density at radius 2 is 2.09 bits per heavy atom. The summed E-state index contributed by atoms with van der Waals surface area (Å²) in [6.07, 6.45) is -4.44. The highest BCUT2D eigenvalue weighted by Gasteiger charge is 2.40. The standard InChI is InChI=1S/C13H15F3N2O3S/c1-3-21-11(19)9-7-4-5-18(2)6-8(7)22-10(9)17-12(20)13(14,15)16/h3-6H2,1-2H3,(H,17,20)/p+1. The quantitative estimate of drug-likeness (QED) is 0.809. The van der Waals surface area contributed by atoms with Gasteiger partial charge in [0.1, 0.15) is 11.5 Å².